The van der Waals surface area contributed by atoms with Crippen LogP contribution in [-0.2, 0) is 0 Å². The van der Waals surface area contributed by atoms with Gasteiger partial charge in [-0.3, -0.25) is 4.79 Å². The Morgan fingerprint density at radius 2 is 1.68 bits per heavy atom. The van der Waals surface area contributed by atoms with Crippen molar-refractivity contribution in [2.24, 2.45) is 0 Å². The lowest BCUT2D eigenvalue weighted by atomic mass is 9.96. The van der Waals surface area contributed by atoms with Crippen molar-refractivity contribution in [3.63, 3.8) is 0 Å². The van der Waals surface area contributed by atoms with Crippen LogP contribution in [0.4, 0.5) is 24.7 Å². The van der Waals surface area contributed by atoms with Gasteiger partial charge in [0.1, 0.15) is 5.82 Å². The largest absolute Gasteiger partial charge is 0.410 e. The molecule has 1 amide bonds. The summed E-state index contributed by atoms with van der Waals surface area (Å²) in [6.45, 7) is 5.73. The number of aryl methyl sites for hydroxylation is 3. The fourth-order valence-electron chi connectivity index (χ4n) is 3.94. The van der Waals surface area contributed by atoms with Gasteiger partial charge in [0.15, 0.2) is 11.7 Å². The van der Waals surface area contributed by atoms with Crippen molar-refractivity contribution in [2.45, 2.75) is 45.5 Å². The minimum absolute atomic E-state index is 0.0690. The first-order valence-corrected chi connectivity index (χ1v) is 9.99. The third-order valence-electron chi connectivity index (χ3n) is 5.38. The molecule has 0 saturated carbocycles. The van der Waals surface area contributed by atoms with E-state index >= 15 is 0 Å². The normalized spacial score (nSPS) is 18.3. The Bertz CT molecular complexity index is 1100. The summed E-state index contributed by atoms with van der Waals surface area (Å²) in [5.41, 5.74) is 4.24. The van der Waals surface area contributed by atoms with E-state index < -0.39 is 24.2 Å². The molecule has 8 heteroatoms. The molecule has 31 heavy (non-hydrogen) atoms. The zero-order valence-electron chi connectivity index (χ0n) is 17.4. The number of carbonyl (C=O) groups excluding carboxylic acids is 1. The van der Waals surface area contributed by atoms with Crippen LogP contribution in [0.1, 0.15) is 51.2 Å². The van der Waals surface area contributed by atoms with Crippen LogP contribution >= 0.6 is 0 Å². The van der Waals surface area contributed by atoms with E-state index in [1.54, 1.807) is 12.1 Å². The molecule has 1 aliphatic rings. The number of carbonyl (C=O) groups is 1. The van der Waals surface area contributed by atoms with Crippen molar-refractivity contribution in [1.82, 2.24) is 9.78 Å². The molecule has 2 aromatic carbocycles. The molecule has 3 aromatic rings. The minimum Gasteiger partial charge on any atom is -0.363 e. The molecule has 4 rings (SSSR count). The Kier molecular flexibility index (Phi) is 5.24. The van der Waals surface area contributed by atoms with Gasteiger partial charge in [-0.1, -0.05) is 35.9 Å². The molecule has 1 aliphatic heterocycles. The average molecular weight is 428 g/mol. The van der Waals surface area contributed by atoms with E-state index in [1.165, 1.54) is 6.07 Å². The Balaban J connectivity index is 1.64. The molecule has 0 aliphatic carbocycles. The molecule has 1 aromatic heterocycles. The Labute approximate surface area is 178 Å². The fraction of sp³-hybridized carbons (Fsp3) is 0.304. The maximum absolute atomic E-state index is 13.8. The molecule has 162 valence electrons. The molecule has 2 N–H and O–H groups in total. The van der Waals surface area contributed by atoms with Gasteiger partial charge < -0.3 is 10.6 Å². The minimum atomic E-state index is -4.49. The molecule has 0 bridgehead atoms. The van der Waals surface area contributed by atoms with Gasteiger partial charge in [0.05, 0.1) is 6.04 Å². The van der Waals surface area contributed by atoms with E-state index in [9.17, 15) is 18.0 Å². The Morgan fingerprint density at radius 3 is 2.29 bits per heavy atom. The summed E-state index contributed by atoms with van der Waals surface area (Å²) in [6, 6.07) is 12.0. The first kappa shape index (κ1) is 21.0. The van der Waals surface area contributed by atoms with Gasteiger partial charge in [-0.05, 0) is 49.6 Å². The molecule has 0 saturated heterocycles. The number of fused-ring (bicyclic) bond motifs is 1. The summed E-state index contributed by atoms with van der Waals surface area (Å²) in [5.74, 6) is -0.383. The number of alkyl halides is 3. The quantitative estimate of drug-likeness (QED) is 0.561. The van der Waals surface area contributed by atoms with Gasteiger partial charge >= 0.3 is 6.18 Å². The van der Waals surface area contributed by atoms with Crippen molar-refractivity contribution in [3.05, 3.63) is 76.5 Å². The lowest BCUT2D eigenvalue weighted by Gasteiger charge is -2.33. The first-order valence-electron chi connectivity index (χ1n) is 9.99. The van der Waals surface area contributed by atoms with Gasteiger partial charge in [-0.15, -0.1) is 0 Å². The topological polar surface area (TPSA) is 59.0 Å². The molecule has 0 radical (unpaired) electrons. The molecule has 2 heterocycles. The third kappa shape index (κ3) is 4.42. The van der Waals surface area contributed by atoms with Crippen molar-refractivity contribution in [2.75, 3.05) is 10.6 Å². The first-order chi connectivity index (χ1) is 14.6. The number of halogens is 3. The molecule has 5 nitrogen and oxygen atoms in total. The SMILES string of the molecule is Cc1ccc(C2CC(C(F)(F)F)n3nc(C(=O)Nc4cc(C)cc(C)c4)cc3N2)cc1. The monoisotopic (exact) mass is 428 g/mol. The zero-order valence-corrected chi connectivity index (χ0v) is 17.4. The van der Waals surface area contributed by atoms with Gasteiger partial charge in [-0.25, -0.2) is 4.68 Å². The smallest absolute Gasteiger partial charge is 0.363 e. The van der Waals surface area contributed by atoms with Crippen molar-refractivity contribution in [1.29, 1.82) is 0 Å². The highest BCUT2D eigenvalue weighted by atomic mass is 19.4. The van der Waals surface area contributed by atoms with Crippen LogP contribution < -0.4 is 10.6 Å². The van der Waals surface area contributed by atoms with Crippen LogP contribution in [0.3, 0.4) is 0 Å². The highest BCUT2D eigenvalue weighted by Gasteiger charge is 2.46. The number of aromatic nitrogens is 2. The Hall–Kier alpha value is -3.29. The molecule has 0 spiro atoms. The number of amides is 1. The lowest BCUT2D eigenvalue weighted by Crippen LogP contribution is -2.35. The van der Waals surface area contributed by atoms with E-state index in [4.69, 9.17) is 0 Å². The number of hydrogen-bond donors (Lipinski definition) is 2. The van der Waals surface area contributed by atoms with Gasteiger partial charge in [-0.2, -0.15) is 18.3 Å². The summed E-state index contributed by atoms with van der Waals surface area (Å²) in [7, 11) is 0. The predicted octanol–water partition coefficient (Wildman–Crippen LogP) is 5.72. The second kappa shape index (κ2) is 7.76. The van der Waals surface area contributed by atoms with E-state index in [0.717, 1.165) is 26.9 Å². The molecular weight excluding hydrogens is 405 g/mol. The van der Waals surface area contributed by atoms with E-state index in [2.05, 4.69) is 15.7 Å². The lowest BCUT2D eigenvalue weighted by molar-refractivity contribution is -0.173. The number of nitrogens with zero attached hydrogens (tertiary/aromatic N) is 2. The van der Waals surface area contributed by atoms with E-state index in [0.29, 0.717) is 5.69 Å². The third-order valence-corrected chi connectivity index (χ3v) is 5.38. The summed E-state index contributed by atoms with van der Waals surface area (Å²) in [5, 5.41) is 9.84. The average Bonchev–Trinajstić information content (AvgIpc) is 3.10. The van der Waals surface area contributed by atoms with Crippen molar-refractivity contribution in [3.8, 4) is 0 Å². The van der Waals surface area contributed by atoms with Crippen LogP contribution in [-0.4, -0.2) is 21.9 Å². The number of nitrogens with one attached hydrogen (secondary N) is 2. The van der Waals surface area contributed by atoms with Gasteiger partial charge in [0, 0.05) is 18.2 Å². The maximum atomic E-state index is 13.8. The molecule has 2 unspecified atom stereocenters. The van der Waals surface area contributed by atoms with E-state index in [-0.39, 0.29) is 17.9 Å². The predicted molar refractivity (Wildman–Crippen MR) is 113 cm³/mol. The molecular formula is C23H23F3N4O. The fourth-order valence-corrected chi connectivity index (χ4v) is 3.94. The van der Waals surface area contributed by atoms with Crippen LogP contribution in [0.25, 0.3) is 0 Å². The summed E-state index contributed by atoms with van der Waals surface area (Å²) >= 11 is 0. The number of rotatable bonds is 3. The summed E-state index contributed by atoms with van der Waals surface area (Å²) in [6.07, 6.45) is -4.70. The van der Waals surface area contributed by atoms with Gasteiger partial charge in [0.25, 0.3) is 5.91 Å². The second-order valence-corrected chi connectivity index (χ2v) is 8.09. The van der Waals surface area contributed by atoms with Crippen LogP contribution in [0.15, 0.2) is 48.5 Å². The highest BCUT2D eigenvalue weighted by Crippen LogP contribution is 2.43. The van der Waals surface area contributed by atoms with Crippen molar-refractivity contribution < 1.29 is 18.0 Å². The summed E-state index contributed by atoms with van der Waals surface area (Å²) in [4.78, 5) is 12.7. The van der Waals surface area contributed by atoms with Crippen LogP contribution in [0.5, 0.6) is 0 Å². The van der Waals surface area contributed by atoms with Crippen molar-refractivity contribution >= 4 is 17.4 Å². The second-order valence-electron chi connectivity index (χ2n) is 8.09. The summed E-state index contributed by atoms with van der Waals surface area (Å²) < 4.78 is 42.4. The van der Waals surface area contributed by atoms with E-state index in [1.807, 2.05) is 51.1 Å². The standard InChI is InChI=1S/C23H23F3N4O/c1-13-4-6-16(7-5-13)18-11-20(23(24,25)26)30-21(28-18)12-19(29-30)22(31)27-17-9-14(2)8-15(3)10-17/h4-10,12,18,20,28H,11H2,1-3H3,(H,27,31). The molecule has 2 atom stereocenters. The number of anilines is 2. The highest BCUT2D eigenvalue weighted by molar-refractivity contribution is 6.03. The molecule has 0 fully saturated rings. The Morgan fingerprint density at radius 1 is 1.03 bits per heavy atom. The van der Waals surface area contributed by atoms with Crippen LogP contribution in [0, 0.1) is 20.8 Å². The number of hydrogen-bond acceptors (Lipinski definition) is 3. The zero-order chi connectivity index (χ0) is 22.3. The van der Waals surface area contributed by atoms with Gasteiger partial charge in [0.2, 0.25) is 0 Å². The van der Waals surface area contributed by atoms with Crippen LogP contribution in [0.2, 0.25) is 0 Å². The number of benzene rings is 2. The maximum Gasteiger partial charge on any atom is 0.410 e.